The first-order valence-corrected chi connectivity index (χ1v) is 13.9. The quantitative estimate of drug-likeness (QED) is 0.149. The lowest BCUT2D eigenvalue weighted by atomic mass is 10.0. The highest BCUT2D eigenvalue weighted by atomic mass is 28.4. The molecule has 0 fully saturated rings. The molecule has 2 atom stereocenters. The van der Waals surface area contributed by atoms with Gasteiger partial charge in [-0.05, 0) is 41.4 Å². The van der Waals surface area contributed by atoms with Crippen molar-refractivity contribution >= 4 is 14.6 Å². The van der Waals surface area contributed by atoms with Crippen LogP contribution in [0.25, 0.3) is 0 Å². The molecule has 0 radical (unpaired) electrons. The number of carbonyl (C=O) groups is 1. The molecule has 3 nitrogen and oxygen atoms in total. The van der Waals surface area contributed by atoms with Crippen molar-refractivity contribution in [2.45, 2.75) is 103 Å². The van der Waals surface area contributed by atoms with E-state index in [1.807, 2.05) is 36.4 Å². The van der Waals surface area contributed by atoms with Crippen LogP contribution in [0.4, 0.5) is 0 Å². The van der Waals surface area contributed by atoms with Crippen molar-refractivity contribution in [2.75, 3.05) is 0 Å². The Labute approximate surface area is 192 Å². The second-order valence-corrected chi connectivity index (χ2v) is 15.0. The van der Waals surface area contributed by atoms with Crippen molar-refractivity contribution in [3.05, 3.63) is 60.7 Å². The smallest absolute Gasteiger partial charge is 0.200 e. The summed E-state index contributed by atoms with van der Waals surface area (Å²) in [5.74, 6) is 0. The molecular weight excluding hydrogens is 400 g/mol. The van der Waals surface area contributed by atoms with Crippen LogP contribution in [-0.2, 0) is 20.6 Å². The van der Waals surface area contributed by atoms with Gasteiger partial charge in [-0.25, -0.2) is 0 Å². The van der Waals surface area contributed by atoms with E-state index < -0.39 is 8.32 Å². The van der Waals surface area contributed by atoms with Gasteiger partial charge in [0.25, 0.3) is 0 Å². The van der Waals surface area contributed by atoms with Crippen LogP contribution in [0.15, 0.2) is 55.1 Å². The molecule has 0 N–H and O–H groups in total. The Morgan fingerprint density at radius 2 is 1.48 bits per heavy atom. The number of carbonyl (C=O) groups excluding carboxylic acids is 1. The largest absolute Gasteiger partial charge is 0.413 e. The van der Waals surface area contributed by atoms with Crippen LogP contribution in [0.1, 0.15) is 72.8 Å². The third-order valence-electron chi connectivity index (χ3n) is 6.23. The van der Waals surface area contributed by atoms with Gasteiger partial charge in [0.15, 0.2) is 0 Å². The van der Waals surface area contributed by atoms with Gasteiger partial charge in [-0.15, -0.1) is 6.58 Å². The maximum atomic E-state index is 11.2. The molecule has 0 aliphatic heterocycles. The molecule has 0 saturated carbocycles. The molecule has 4 heteroatoms. The monoisotopic (exact) mass is 444 g/mol. The standard InChI is InChI=1S/C27H44O3Si/c1-9-13-27(30-31(21(2)3,22(4)5)23(6)7)19-24(8)18-26(16-17-28)29-20-25-14-11-10-12-15-25/h9-12,14-15,17,21-23,26-27H,1,8,13,16,18-20H2,2-7H3/t26-,27-/m0/s1. The molecule has 0 unspecified atom stereocenters. The van der Waals surface area contributed by atoms with E-state index in [0.717, 1.165) is 30.3 Å². The topological polar surface area (TPSA) is 35.5 Å². The molecule has 174 valence electrons. The van der Waals surface area contributed by atoms with Gasteiger partial charge in [0, 0.05) is 6.42 Å². The van der Waals surface area contributed by atoms with Gasteiger partial charge < -0.3 is 14.0 Å². The molecule has 31 heavy (non-hydrogen) atoms. The lowest BCUT2D eigenvalue weighted by Crippen LogP contribution is -2.50. The number of hydrogen-bond donors (Lipinski definition) is 0. The first-order chi connectivity index (χ1) is 14.7. The molecule has 1 aromatic carbocycles. The van der Waals surface area contributed by atoms with E-state index in [2.05, 4.69) is 54.7 Å². The number of hydrogen-bond acceptors (Lipinski definition) is 3. The Balaban J connectivity index is 2.83. The minimum absolute atomic E-state index is 0.0786. The highest BCUT2D eigenvalue weighted by molar-refractivity contribution is 6.77. The fourth-order valence-electron chi connectivity index (χ4n) is 4.89. The molecule has 0 aromatic heterocycles. The first kappa shape index (κ1) is 27.5. The minimum atomic E-state index is -1.99. The predicted molar refractivity (Wildman–Crippen MR) is 135 cm³/mol. The van der Waals surface area contributed by atoms with E-state index in [1.165, 1.54) is 0 Å². The molecule has 1 aromatic rings. The lowest BCUT2D eigenvalue weighted by Gasteiger charge is -2.44. The zero-order chi connectivity index (χ0) is 23.4. The van der Waals surface area contributed by atoms with Gasteiger partial charge in [-0.2, -0.15) is 0 Å². The van der Waals surface area contributed by atoms with Crippen molar-refractivity contribution < 1.29 is 14.0 Å². The van der Waals surface area contributed by atoms with E-state index in [1.54, 1.807) is 0 Å². The summed E-state index contributed by atoms with van der Waals surface area (Å²) in [7, 11) is -1.99. The summed E-state index contributed by atoms with van der Waals surface area (Å²) in [5.41, 5.74) is 3.78. The zero-order valence-corrected chi connectivity index (χ0v) is 21.6. The summed E-state index contributed by atoms with van der Waals surface area (Å²) < 4.78 is 13.1. The molecule has 0 aliphatic carbocycles. The first-order valence-electron chi connectivity index (χ1n) is 11.7. The van der Waals surface area contributed by atoms with Crippen LogP contribution in [0.3, 0.4) is 0 Å². The second-order valence-electron chi connectivity index (χ2n) is 9.56. The Kier molecular flexibility index (Phi) is 12.3. The maximum Gasteiger partial charge on any atom is 0.200 e. The van der Waals surface area contributed by atoms with Crippen LogP contribution in [-0.4, -0.2) is 26.8 Å². The second kappa shape index (κ2) is 13.8. The molecule has 0 spiro atoms. The van der Waals surface area contributed by atoms with Crippen LogP contribution >= 0.6 is 0 Å². The van der Waals surface area contributed by atoms with Crippen molar-refractivity contribution in [1.29, 1.82) is 0 Å². The van der Waals surface area contributed by atoms with Gasteiger partial charge >= 0.3 is 0 Å². The van der Waals surface area contributed by atoms with E-state index >= 15 is 0 Å². The van der Waals surface area contributed by atoms with Gasteiger partial charge in [0.1, 0.15) is 6.29 Å². The number of benzene rings is 1. The highest BCUT2D eigenvalue weighted by Gasteiger charge is 2.46. The summed E-state index contributed by atoms with van der Waals surface area (Å²) in [5, 5.41) is 0. The van der Waals surface area contributed by atoms with Crippen LogP contribution in [0.2, 0.25) is 16.6 Å². The summed E-state index contributed by atoms with van der Waals surface area (Å²) in [4.78, 5) is 11.2. The summed E-state index contributed by atoms with van der Waals surface area (Å²) in [6, 6.07) is 10.1. The van der Waals surface area contributed by atoms with Gasteiger partial charge in [0.05, 0.1) is 18.8 Å². The average Bonchev–Trinajstić information content (AvgIpc) is 2.70. The Bertz CT molecular complexity index is 645. The predicted octanol–water partition coefficient (Wildman–Crippen LogP) is 7.63. The van der Waals surface area contributed by atoms with Crippen molar-refractivity contribution in [3.8, 4) is 0 Å². The van der Waals surface area contributed by atoms with Crippen molar-refractivity contribution in [3.63, 3.8) is 0 Å². The van der Waals surface area contributed by atoms with E-state index in [-0.39, 0.29) is 12.2 Å². The normalized spacial score (nSPS) is 14.1. The number of aldehydes is 1. The van der Waals surface area contributed by atoms with Gasteiger partial charge in [-0.1, -0.05) is 90.1 Å². The van der Waals surface area contributed by atoms with Crippen molar-refractivity contribution in [2.24, 2.45) is 0 Å². The molecule has 1 rings (SSSR count). The molecule has 0 amide bonds. The minimum Gasteiger partial charge on any atom is -0.413 e. The van der Waals surface area contributed by atoms with Gasteiger partial charge in [0.2, 0.25) is 8.32 Å². The number of rotatable bonds is 16. The fraction of sp³-hybridized carbons (Fsp3) is 0.593. The van der Waals surface area contributed by atoms with E-state index in [0.29, 0.717) is 36.1 Å². The summed E-state index contributed by atoms with van der Waals surface area (Å²) in [6.45, 7) is 22.6. The zero-order valence-electron chi connectivity index (χ0n) is 20.6. The molecule has 0 saturated heterocycles. The molecule has 0 bridgehead atoms. The van der Waals surface area contributed by atoms with Crippen molar-refractivity contribution in [1.82, 2.24) is 0 Å². The van der Waals surface area contributed by atoms with Gasteiger partial charge in [-0.3, -0.25) is 0 Å². The fourth-order valence-corrected chi connectivity index (χ4v) is 10.5. The van der Waals surface area contributed by atoms with E-state index in [9.17, 15) is 4.79 Å². The SMILES string of the molecule is C=CC[C@@H](CC(=C)C[C@H](CC=O)OCc1ccccc1)O[Si](C(C)C)(C(C)C)C(C)C. The van der Waals surface area contributed by atoms with E-state index in [4.69, 9.17) is 9.16 Å². The molecular formula is C27H44O3Si. The van der Waals surface area contributed by atoms with Crippen LogP contribution in [0.5, 0.6) is 0 Å². The Morgan fingerprint density at radius 3 is 1.97 bits per heavy atom. The maximum absolute atomic E-state index is 11.2. The summed E-state index contributed by atoms with van der Waals surface area (Å²) >= 11 is 0. The lowest BCUT2D eigenvalue weighted by molar-refractivity contribution is -0.110. The Morgan fingerprint density at radius 1 is 0.935 bits per heavy atom. The van der Waals surface area contributed by atoms with Crippen LogP contribution in [0, 0.1) is 0 Å². The van der Waals surface area contributed by atoms with Crippen LogP contribution < -0.4 is 0 Å². The molecule has 0 heterocycles. The number of ether oxygens (including phenoxy) is 1. The third-order valence-corrected chi connectivity index (χ3v) is 12.4. The Hall–Kier alpha value is -1.49. The molecule has 0 aliphatic rings. The average molecular weight is 445 g/mol. The highest BCUT2D eigenvalue weighted by Crippen LogP contribution is 2.44. The third kappa shape index (κ3) is 8.51. The summed E-state index contributed by atoms with van der Waals surface area (Å²) in [6.07, 6.45) is 5.44.